The number of nitrogens with one attached hydrogen (secondary N) is 1. The summed E-state index contributed by atoms with van der Waals surface area (Å²) in [6.45, 7) is 1.51. The van der Waals surface area contributed by atoms with Crippen LogP contribution in [-0.2, 0) is 14.4 Å². The SMILES string of the molecule is O=C(COc1ccccc1[C@H]1c2sc(=O)[nH]c2SC2C1[C@H]1C[C@@H]2C2C(=O)N(c3ccccc3)C(=O)C21)N1CCCCC1. The van der Waals surface area contributed by atoms with Crippen LogP contribution in [0.5, 0.6) is 5.75 Å². The number of carbonyl (C=O) groups is 3. The Balaban J connectivity index is 1.15. The molecule has 8 rings (SSSR count). The number of nitrogens with zero attached hydrogens (tertiary/aromatic N) is 2. The Morgan fingerprint density at radius 2 is 1.62 bits per heavy atom. The van der Waals surface area contributed by atoms with Crippen molar-refractivity contribution in [3.8, 4) is 5.75 Å². The maximum atomic E-state index is 13.9. The van der Waals surface area contributed by atoms with Gasteiger partial charge in [0.25, 0.3) is 5.91 Å². The van der Waals surface area contributed by atoms with Crippen LogP contribution in [0.25, 0.3) is 0 Å². The third-order valence-electron chi connectivity index (χ3n) is 10.1. The van der Waals surface area contributed by atoms with E-state index in [4.69, 9.17) is 4.74 Å². The summed E-state index contributed by atoms with van der Waals surface area (Å²) in [5.74, 6) is -0.294. The predicted molar refractivity (Wildman–Crippen MR) is 160 cm³/mol. The van der Waals surface area contributed by atoms with Crippen LogP contribution >= 0.6 is 23.1 Å². The normalized spacial score (nSPS) is 31.2. The monoisotopic (exact) mass is 601 g/mol. The van der Waals surface area contributed by atoms with E-state index in [0.29, 0.717) is 11.4 Å². The highest BCUT2D eigenvalue weighted by Gasteiger charge is 2.69. The summed E-state index contributed by atoms with van der Waals surface area (Å²) in [5, 5.41) is 0.950. The molecule has 216 valence electrons. The summed E-state index contributed by atoms with van der Waals surface area (Å²) in [6.07, 6.45) is 4.02. The highest BCUT2D eigenvalue weighted by Crippen LogP contribution is 2.69. The highest BCUT2D eigenvalue weighted by molar-refractivity contribution is 8.00. The molecule has 4 heterocycles. The van der Waals surface area contributed by atoms with Gasteiger partial charge in [0.05, 0.1) is 22.5 Å². The van der Waals surface area contributed by atoms with Crippen molar-refractivity contribution in [2.75, 3.05) is 24.6 Å². The number of benzene rings is 2. The second-order valence-electron chi connectivity index (χ2n) is 12.1. The number of ether oxygens (including phenoxy) is 1. The maximum Gasteiger partial charge on any atom is 0.305 e. The second kappa shape index (κ2) is 10.1. The molecule has 1 N–H and O–H groups in total. The number of aromatic amines is 1. The van der Waals surface area contributed by atoms with Crippen molar-refractivity contribution in [3.63, 3.8) is 0 Å². The molecule has 3 amide bonds. The Labute approximate surface area is 251 Å². The summed E-state index contributed by atoms with van der Waals surface area (Å²) in [6, 6.07) is 17.1. The average Bonchev–Trinajstić information content (AvgIpc) is 3.75. The van der Waals surface area contributed by atoms with E-state index in [1.165, 1.54) is 16.2 Å². The first kappa shape index (κ1) is 26.3. The summed E-state index contributed by atoms with van der Waals surface area (Å²) < 4.78 is 6.24. The number of piperidine rings is 1. The molecule has 3 aliphatic heterocycles. The molecule has 42 heavy (non-hydrogen) atoms. The van der Waals surface area contributed by atoms with Crippen molar-refractivity contribution in [2.45, 2.75) is 41.9 Å². The Bertz CT molecular complexity index is 1630. The number of aromatic nitrogens is 1. The smallest absolute Gasteiger partial charge is 0.305 e. The van der Waals surface area contributed by atoms with Gasteiger partial charge in [0.2, 0.25) is 11.8 Å². The van der Waals surface area contributed by atoms with Crippen LogP contribution in [0.15, 0.2) is 64.4 Å². The molecule has 2 aliphatic carbocycles. The first-order chi connectivity index (χ1) is 20.5. The third-order valence-corrected chi connectivity index (χ3v) is 12.6. The fraction of sp³-hybridized carbons (Fsp3) is 0.438. The number of carbonyl (C=O) groups excluding carboxylic acids is 3. The molecular weight excluding hydrogens is 571 g/mol. The number of H-pyrrole nitrogens is 1. The molecule has 7 atom stereocenters. The first-order valence-electron chi connectivity index (χ1n) is 14.8. The van der Waals surface area contributed by atoms with Crippen molar-refractivity contribution in [2.24, 2.45) is 29.6 Å². The maximum absolute atomic E-state index is 13.9. The lowest BCUT2D eigenvalue weighted by Gasteiger charge is -2.43. The van der Waals surface area contributed by atoms with Crippen LogP contribution in [0.3, 0.4) is 0 Å². The third kappa shape index (κ3) is 3.94. The van der Waals surface area contributed by atoms with Crippen molar-refractivity contribution in [1.82, 2.24) is 9.88 Å². The number of hydrogen-bond acceptors (Lipinski definition) is 7. The first-order valence-corrected chi connectivity index (χ1v) is 16.5. The van der Waals surface area contributed by atoms with Gasteiger partial charge in [0, 0.05) is 34.7 Å². The van der Waals surface area contributed by atoms with Crippen LogP contribution in [0, 0.1) is 29.6 Å². The Hall–Kier alpha value is -3.37. The Kier molecular flexibility index (Phi) is 6.33. The second-order valence-corrected chi connectivity index (χ2v) is 14.3. The lowest BCUT2D eigenvalue weighted by atomic mass is 9.68. The standard InChI is InChI=1S/C32H31N3O5S2/c36-22(34-13-7-2-8-14-34)16-40-21-12-6-5-11-18(21)23-24-19-15-20(27(24)41-29-28(23)42-32(39)33-29)26-25(19)30(37)35(31(26)38)17-9-3-1-4-10-17/h1,3-6,9-12,19-20,23-27H,2,7-8,13-16H2,(H,33,39)/t19-,20-,23-,24?,25?,26?,27?/m1/s1. The number of thiazole rings is 1. The number of rotatable bonds is 5. The molecule has 2 saturated heterocycles. The summed E-state index contributed by atoms with van der Waals surface area (Å²) in [4.78, 5) is 60.5. The van der Waals surface area contributed by atoms with E-state index < -0.39 is 0 Å². The number of likely N-dealkylation sites (tertiary alicyclic amines) is 1. The molecule has 4 unspecified atom stereocenters. The summed E-state index contributed by atoms with van der Waals surface area (Å²) >= 11 is 2.90. The van der Waals surface area contributed by atoms with E-state index in [2.05, 4.69) is 4.98 Å². The molecule has 1 aromatic heterocycles. The van der Waals surface area contributed by atoms with E-state index in [0.717, 1.165) is 54.2 Å². The van der Waals surface area contributed by atoms with E-state index in [1.54, 1.807) is 11.8 Å². The molecular formula is C32H31N3O5S2. The van der Waals surface area contributed by atoms with Crippen molar-refractivity contribution in [1.29, 1.82) is 0 Å². The average molecular weight is 602 g/mol. The number of thioether (sulfide) groups is 1. The van der Waals surface area contributed by atoms with Gasteiger partial charge in [-0.2, -0.15) is 0 Å². The van der Waals surface area contributed by atoms with Gasteiger partial charge in [-0.3, -0.25) is 24.1 Å². The topological polar surface area (TPSA) is 99.8 Å². The number of hydrogen-bond donors (Lipinski definition) is 1. The minimum atomic E-state index is -0.363. The van der Waals surface area contributed by atoms with Gasteiger partial charge in [-0.25, -0.2) is 0 Å². The van der Waals surface area contributed by atoms with Gasteiger partial charge >= 0.3 is 4.87 Å². The minimum Gasteiger partial charge on any atom is -0.483 e. The van der Waals surface area contributed by atoms with E-state index in [-0.39, 0.29) is 70.0 Å². The molecule has 0 spiro atoms. The summed E-state index contributed by atoms with van der Waals surface area (Å²) in [7, 11) is 0. The number of para-hydroxylation sites is 2. The molecule has 0 radical (unpaired) electrons. The van der Waals surface area contributed by atoms with Crippen LogP contribution in [0.2, 0.25) is 0 Å². The van der Waals surface area contributed by atoms with Crippen LogP contribution in [-0.4, -0.2) is 52.6 Å². The Morgan fingerprint density at radius 3 is 2.40 bits per heavy atom. The number of imide groups is 1. The zero-order valence-corrected chi connectivity index (χ0v) is 24.6. The molecule has 2 aromatic carbocycles. The fourth-order valence-electron chi connectivity index (χ4n) is 8.44. The number of amides is 3. The molecule has 10 heteroatoms. The molecule has 5 aliphatic rings. The van der Waals surface area contributed by atoms with Gasteiger partial charge in [-0.15, -0.1) is 11.8 Å². The van der Waals surface area contributed by atoms with Crippen LogP contribution in [0.4, 0.5) is 5.69 Å². The van der Waals surface area contributed by atoms with Crippen LogP contribution in [0.1, 0.15) is 42.0 Å². The zero-order valence-electron chi connectivity index (χ0n) is 22.9. The van der Waals surface area contributed by atoms with E-state index in [9.17, 15) is 19.2 Å². The van der Waals surface area contributed by atoms with Crippen molar-refractivity contribution >= 4 is 46.5 Å². The van der Waals surface area contributed by atoms with Gasteiger partial charge in [0.1, 0.15) is 5.75 Å². The molecule has 4 fully saturated rings. The lowest BCUT2D eigenvalue weighted by Crippen LogP contribution is -2.43. The molecule has 2 bridgehead atoms. The predicted octanol–water partition coefficient (Wildman–Crippen LogP) is 4.51. The summed E-state index contributed by atoms with van der Waals surface area (Å²) in [5.41, 5.74) is 1.57. The quantitative estimate of drug-likeness (QED) is 0.433. The lowest BCUT2D eigenvalue weighted by molar-refractivity contribution is -0.134. The van der Waals surface area contributed by atoms with E-state index >= 15 is 0 Å². The van der Waals surface area contributed by atoms with Gasteiger partial charge in [-0.1, -0.05) is 47.7 Å². The highest BCUT2D eigenvalue weighted by atomic mass is 32.2. The van der Waals surface area contributed by atoms with Gasteiger partial charge < -0.3 is 14.6 Å². The fourth-order valence-corrected chi connectivity index (χ4v) is 11.3. The number of fused-ring (bicyclic) bond motifs is 9. The zero-order chi connectivity index (χ0) is 28.5. The van der Waals surface area contributed by atoms with Gasteiger partial charge in [0.15, 0.2) is 6.61 Å². The van der Waals surface area contributed by atoms with Gasteiger partial charge in [-0.05, 0) is 61.6 Å². The molecule has 3 aromatic rings. The van der Waals surface area contributed by atoms with E-state index in [1.807, 2.05) is 59.5 Å². The molecule has 8 nitrogen and oxygen atoms in total. The van der Waals surface area contributed by atoms with Crippen molar-refractivity contribution in [3.05, 3.63) is 74.7 Å². The molecule has 2 saturated carbocycles. The van der Waals surface area contributed by atoms with Crippen LogP contribution < -0.4 is 14.5 Å². The largest absolute Gasteiger partial charge is 0.483 e. The minimum absolute atomic E-state index is 0.00703. The number of anilines is 1. The van der Waals surface area contributed by atoms with Crippen molar-refractivity contribution < 1.29 is 19.1 Å². The Morgan fingerprint density at radius 1 is 0.905 bits per heavy atom.